The zero-order valence-corrected chi connectivity index (χ0v) is 14.0. The molecule has 0 atom stereocenters. The first-order chi connectivity index (χ1) is 9.84. The van der Waals surface area contributed by atoms with Crippen LogP contribution in [-0.2, 0) is 10.0 Å². The lowest BCUT2D eigenvalue weighted by molar-refractivity contribution is 0.354. The molecule has 0 aliphatic rings. The molecule has 2 N–H and O–H groups in total. The van der Waals surface area contributed by atoms with E-state index in [1.807, 2.05) is 27.7 Å². The summed E-state index contributed by atoms with van der Waals surface area (Å²) in [6.07, 6.45) is 0.771. The highest BCUT2D eigenvalue weighted by molar-refractivity contribution is 7.89. The molecule has 1 aromatic rings. The first-order valence-electron chi connectivity index (χ1n) is 7.16. The van der Waals surface area contributed by atoms with E-state index in [4.69, 9.17) is 5.73 Å². The predicted molar refractivity (Wildman–Crippen MR) is 86.4 cm³/mol. The van der Waals surface area contributed by atoms with Gasteiger partial charge in [-0.2, -0.15) is 4.31 Å². The predicted octanol–water partition coefficient (Wildman–Crippen LogP) is 2.11. The molecule has 0 aliphatic carbocycles. The van der Waals surface area contributed by atoms with Gasteiger partial charge in [-0.1, -0.05) is 24.8 Å². The highest BCUT2D eigenvalue weighted by atomic mass is 32.2. The van der Waals surface area contributed by atoms with Gasteiger partial charge in [-0.3, -0.25) is 0 Å². The Morgan fingerprint density at radius 1 is 1.33 bits per heavy atom. The van der Waals surface area contributed by atoms with E-state index < -0.39 is 10.0 Å². The van der Waals surface area contributed by atoms with Crippen LogP contribution in [0.15, 0.2) is 23.1 Å². The molecule has 1 aromatic carbocycles. The number of aryl methyl sites for hydroxylation is 1. The summed E-state index contributed by atoms with van der Waals surface area (Å²) in [6, 6.07) is 5.13. The van der Waals surface area contributed by atoms with Gasteiger partial charge in [0.05, 0.1) is 11.4 Å². The van der Waals surface area contributed by atoms with Gasteiger partial charge in [0.2, 0.25) is 10.0 Å². The molecule has 1 rings (SSSR count). The number of rotatable bonds is 5. The largest absolute Gasteiger partial charge is 0.320 e. The lowest BCUT2D eigenvalue weighted by Crippen LogP contribution is -2.37. The molecule has 21 heavy (non-hydrogen) atoms. The van der Waals surface area contributed by atoms with Crippen LogP contribution in [-0.4, -0.2) is 31.9 Å². The fraction of sp³-hybridized carbons (Fsp3) is 0.500. The van der Waals surface area contributed by atoms with Crippen LogP contribution in [0.2, 0.25) is 0 Å². The van der Waals surface area contributed by atoms with Gasteiger partial charge in [-0.05, 0) is 44.9 Å². The quantitative estimate of drug-likeness (QED) is 0.847. The van der Waals surface area contributed by atoms with Gasteiger partial charge in [-0.25, -0.2) is 8.42 Å². The molecule has 0 aromatic heterocycles. The molecule has 5 heteroatoms. The monoisotopic (exact) mass is 308 g/mol. The van der Waals surface area contributed by atoms with E-state index in [1.54, 1.807) is 18.2 Å². The van der Waals surface area contributed by atoms with Crippen LogP contribution in [0.1, 0.15) is 38.3 Å². The van der Waals surface area contributed by atoms with Gasteiger partial charge < -0.3 is 5.73 Å². The molecular weight excluding hydrogens is 284 g/mol. The van der Waals surface area contributed by atoms with Crippen molar-refractivity contribution in [1.29, 1.82) is 0 Å². The van der Waals surface area contributed by atoms with Crippen LogP contribution >= 0.6 is 0 Å². The second kappa shape index (κ2) is 7.60. The van der Waals surface area contributed by atoms with Crippen molar-refractivity contribution in [2.75, 3.05) is 13.1 Å². The zero-order chi connectivity index (χ0) is 16.0. The summed E-state index contributed by atoms with van der Waals surface area (Å²) < 4.78 is 27.3. The number of nitrogens with zero attached hydrogens (tertiary/aromatic N) is 1. The summed E-state index contributed by atoms with van der Waals surface area (Å²) in [6.45, 7) is 8.35. The minimum Gasteiger partial charge on any atom is -0.320 e. The zero-order valence-electron chi connectivity index (χ0n) is 13.2. The number of nitrogens with two attached hydrogens (primary N) is 1. The molecule has 0 bridgehead atoms. The Bertz CT molecular complexity index is 640. The number of sulfonamides is 1. The van der Waals surface area contributed by atoms with Gasteiger partial charge in [0.25, 0.3) is 0 Å². The van der Waals surface area contributed by atoms with Crippen molar-refractivity contribution in [3.8, 4) is 11.8 Å². The molecule has 0 aliphatic heterocycles. The fourth-order valence-electron chi connectivity index (χ4n) is 2.12. The van der Waals surface area contributed by atoms with Crippen molar-refractivity contribution in [3.63, 3.8) is 0 Å². The summed E-state index contributed by atoms with van der Waals surface area (Å²) in [4.78, 5) is 0.260. The van der Waals surface area contributed by atoms with Crippen molar-refractivity contribution in [1.82, 2.24) is 4.31 Å². The van der Waals surface area contributed by atoms with E-state index in [9.17, 15) is 8.42 Å². The summed E-state index contributed by atoms with van der Waals surface area (Å²) >= 11 is 0. The highest BCUT2D eigenvalue weighted by Crippen LogP contribution is 2.23. The van der Waals surface area contributed by atoms with E-state index in [0.29, 0.717) is 12.1 Å². The van der Waals surface area contributed by atoms with Crippen LogP contribution in [0.3, 0.4) is 0 Å². The van der Waals surface area contributed by atoms with Gasteiger partial charge >= 0.3 is 0 Å². The molecule has 0 heterocycles. The van der Waals surface area contributed by atoms with Gasteiger partial charge in [0, 0.05) is 18.2 Å². The van der Waals surface area contributed by atoms with Crippen LogP contribution < -0.4 is 5.73 Å². The highest BCUT2D eigenvalue weighted by Gasteiger charge is 2.28. The lowest BCUT2D eigenvalue weighted by Gasteiger charge is -2.26. The van der Waals surface area contributed by atoms with Crippen LogP contribution in [0, 0.1) is 18.8 Å². The topological polar surface area (TPSA) is 63.4 Å². The second-order valence-electron chi connectivity index (χ2n) is 5.22. The van der Waals surface area contributed by atoms with Gasteiger partial charge in [-0.15, -0.1) is 0 Å². The van der Waals surface area contributed by atoms with Crippen molar-refractivity contribution in [2.45, 2.75) is 45.1 Å². The maximum absolute atomic E-state index is 12.9. The summed E-state index contributed by atoms with van der Waals surface area (Å²) in [7, 11) is -3.55. The standard InChI is InChI=1S/C16H24N2O2S/c1-5-11-18(13(2)3)21(19,20)16-9-8-14(4)12-15(16)7-6-10-17/h8-9,12-13H,5,10-11,17H2,1-4H3. The molecule has 4 nitrogen and oxygen atoms in total. The summed E-state index contributed by atoms with van der Waals surface area (Å²) in [5.41, 5.74) is 6.89. The lowest BCUT2D eigenvalue weighted by atomic mass is 10.1. The molecule has 0 saturated heterocycles. The van der Waals surface area contributed by atoms with Crippen molar-refractivity contribution in [2.24, 2.45) is 5.73 Å². The van der Waals surface area contributed by atoms with Gasteiger partial charge in [0.1, 0.15) is 0 Å². The molecule has 0 spiro atoms. The molecule has 0 radical (unpaired) electrons. The minimum atomic E-state index is -3.55. The van der Waals surface area contributed by atoms with Crippen molar-refractivity contribution in [3.05, 3.63) is 29.3 Å². The smallest absolute Gasteiger partial charge is 0.244 e. The Balaban J connectivity index is 3.42. The maximum Gasteiger partial charge on any atom is 0.244 e. The van der Waals surface area contributed by atoms with E-state index in [1.165, 1.54) is 4.31 Å². The Morgan fingerprint density at radius 2 is 2.00 bits per heavy atom. The fourth-order valence-corrected chi connectivity index (χ4v) is 3.97. The van der Waals surface area contributed by atoms with E-state index in [2.05, 4.69) is 11.8 Å². The summed E-state index contributed by atoms with van der Waals surface area (Å²) in [5, 5.41) is 0. The molecule has 0 unspecified atom stereocenters. The maximum atomic E-state index is 12.9. The van der Waals surface area contributed by atoms with Crippen LogP contribution in [0.4, 0.5) is 0 Å². The second-order valence-corrected chi connectivity index (χ2v) is 7.07. The Labute approximate surface area is 128 Å². The Kier molecular flexibility index (Phi) is 6.41. The number of hydrogen-bond donors (Lipinski definition) is 1. The molecule has 0 fully saturated rings. The average Bonchev–Trinajstić information content (AvgIpc) is 2.41. The molecule has 116 valence electrons. The molecule has 0 saturated carbocycles. The van der Waals surface area contributed by atoms with Crippen molar-refractivity contribution < 1.29 is 8.42 Å². The first-order valence-corrected chi connectivity index (χ1v) is 8.60. The van der Waals surface area contributed by atoms with Gasteiger partial charge in [0.15, 0.2) is 0 Å². The Hall–Kier alpha value is -1.35. The molecule has 0 amide bonds. The van der Waals surface area contributed by atoms with E-state index in [0.717, 1.165) is 12.0 Å². The molecular formula is C16H24N2O2S. The SMILES string of the molecule is CCCN(C(C)C)S(=O)(=O)c1ccc(C)cc1C#CCN. The third-order valence-corrected chi connectivity index (χ3v) is 5.20. The van der Waals surface area contributed by atoms with E-state index in [-0.39, 0.29) is 17.5 Å². The number of benzene rings is 1. The number of hydrogen-bond acceptors (Lipinski definition) is 3. The first kappa shape index (κ1) is 17.7. The summed E-state index contributed by atoms with van der Waals surface area (Å²) in [5.74, 6) is 5.61. The van der Waals surface area contributed by atoms with E-state index >= 15 is 0 Å². The van der Waals surface area contributed by atoms with Crippen LogP contribution in [0.5, 0.6) is 0 Å². The third kappa shape index (κ3) is 4.31. The third-order valence-electron chi connectivity index (χ3n) is 3.07. The minimum absolute atomic E-state index is 0.0911. The average molecular weight is 308 g/mol. The van der Waals surface area contributed by atoms with Crippen molar-refractivity contribution >= 4 is 10.0 Å². The van der Waals surface area contributed by atoms with Crippen LogP contribution in [0.25, 0.3) is 0 Å². The normalized spacial score (nSPS) is 11.6. The Morgan fingerprint density at radius 3 is 2.52 bits per heavy atom.